The van der Waals surface area contributed by atoms with Gasteiger partial charge in [0.15, 0.2) is 0 Å². The van der Waals surface area contributed by atoms with Gasteiger partial charge < -0.3 is 14.2 Å². The predicted octanol–water partition coefficient (Wildman–Crippen LogP) is 2.97. The Bertz CT molecular complexity index is 354. The summed E-state index contributed by atoms with van der Waals surface area (Å²) in [4.78, 5) is 0. The van der Waals surface area contributed by atoms with Gasteiger partial charge in [-0.05, 0) is 28.1 Å². The first-order chi connectivity index (χ1) is 6.83. The Labute approximate surface area is 90.4 Å². The van der Waals surface area contributed by atoms with Gasteiger partial charge in [0.2, 0.25) is 0 Å². The highest BCUT2D eigenvalue weighted by molar-refractivity contribution is 9.10. The van der Waals surface area contributed by atoms with Gasteiger partial charge in [0.25, 0.3) is 6.29 Å². The molecule has 14 heavy (non-hydrogen) atoms. The van der Waals surface area contributed by atoms with Gasteiger partial charge in [-0.1, -0.05) is 6.07 Å². The van der Waals surface area contributed by atoms with Crippen molar-refractivity contribution in [1.29, 1.82) is 0 Å². The van der Waals surface area contributed by atoms with E-state index < -0.39 is 6.29 Å². The number of benzene rings is 1. The van der Waals surface area contributed by atoms with Crippen molar-refractivity contribution in [3.8, 4) is 5.75 Å². The van der Waals surface area contributed by atoms with E-state index in [1.54, 1.807) is 7.11 Å². The summed E-state index contributed by atoms with van der Waals surface area (Å²) < 4.78 is 16.6. The van der Waals surface area contributed by atoms with Crippen molar-refractivity contribution in [3.63, 3.8) is 0 Å². The molecule has 2 rings (SSSR count). The first-order valence-corrected chi connectivity index (χ1v) is 4.90. The zero-order valence-electron chi connectivity index (χ0n) is 7.57. The molecule has 0 saturated heterocycles. The van der Waals surface area contributed by atoms with Crippen molar-refractivity contribution < 1.29 is 14.2 Å². The van der Waals surface area contributed by atoms with Crippen LogP contribution in [0.1, 0.15) is 11.9 Å². The number of para-hydroxylation sites is 1. The highest BCUT2D eigenvalue weighted by Gasteiger charge is 2.21. The Morgan fingerprint density at radius 1 is 1.29 bits per heavy atom. The van der Waals surface area contributed by atoms with E-state index in [1.165, 1.54) is 12.5 Å². The van der Waals surface area contributed by atoms with Crippen LogP contribution in [0.4, 0.5) is 0 Å². The Hall–Kier alpha value is -1.16. The van der Waals surface area contributed by atoms with E-state index in [0.29, 0.717) is 0 Å². The van der Waals surface area contributed by atoms with Crippen molar-refractivity contribution in [2.75, 3.05) is 7.11 Å². The van der Waals surface area contributed by atoms with Crippen LogP contribution in [0.5, 0.6) is 5.75 Å². The van der Waals surface area contributed by atoms with E-state index in [9.17, 15) is 0 Å². The van der Waals surface area contributed by atoms with Gasteiger partial charge in [-0.15, -0.1) is 0 Å². The average molecular weight is 257 g/mol. The maximum Gasteiger partial charge on any atom is 0.269 e. The number of methoxy groups -OCH3 is 1. The number of hydrogen-bond donors (Lipinski definition) is 0. The zero-order valence-corrected chi connectivity index (χ0v) is 9.15. The van der Waals surface area contributed by atoms with Gasteiger partial charge in [0.1, 0.15) is 18.3 Å². The summed E-state index contributed by atoms with van der Waals surface area (Å²) in [6.45, 7) is 0. The van der Waals surface area contributed by atoms with E-state index in [2.05, 4.69) is 15.9 Å². The smallest absolute Gasteiger partial charge is 0.269 e. The molecule has 0 N–H and O–H groups in total. The molecule has 0 spiro atoms. The molecule has 1 aromatic rings. The normalized spacial score (nSPS) is 15.0. The lowest BCUT2D eigenvalue weighted by atomic mass is 10.2. The van der Waals surface area contributed by atoms with E-state index in [1.807, 2.05) is 18.2 Å². The molecular formula is C10H9BrO3. The lowest BCUT2D eigenvalue weighted by Gasteiger charge is -2.14. The first-order valence-electron chi connectivity index (χ1n) is 4.11. The maximum atomic E-state index is 5.25. The van der Waals surface area contributed by atoms with Crippen LogP contribution in [0.25, 0.3) is 0 Å². The van der Waals surface area contributed by atoms with Crippen molar-refractivity contribution in [2.24, 2.45) is 0 Å². The Kier molecular flexibility index (Phi) is 2.63. The lowest BCUT2D eigenvalue weighted by Crippen LogP contribution is -2.01. The van der Waals surface area contributed by atoms with Gasteiger partial charge in [-0.25, -0.2) is 0 Å². The fourth-order valence-corrected chi connectivity index (χ4v) is 1.86. The molecule has 0 unspecified atom stereocenters. The summed E-state index contributed by atoms with van der Waals surface area (Å²) in [5, 5.41) is 0. The minimum atomic E-state index is -0.401. The second kappa shape index (κ2) is 3.92. The van der Waals surface area contributed by atoms with Crippen LogP contribution in [0.2, 0.25) is 0 Å². The molecule has 1 aliphatic rings. The molecule has 0 aliphatic carbocycles. The minimum absolute atomic E-state index is 0.401. The summed E-state index contributed by atoms with van der Waals surface area (Å²) in [6, 6.07) is 5.72. The molecule has 1 heterocycles. The first kappa shape index (κ1) is 9.40. The van der Waals surface area contributed by atoms with Gasteiger partial charge in [0.05, 0.1) is 17.1 Å². The molecule has 3 nitrogen and oxygen atoms in total. The van der Waals surface area contributed by atoms with Crippen LogP contribution in [0.3, 0.4) is 0 Å². The molecule has 0 radical (unpaired) electrons. The van der Waals surface area contributed by atoms with Gasteiger partial charge in [0, 0.05) is 0 Å². The van der Waals surface area contributed by atoms with Crippen LogP contribution in [0.15, 0.2) is 35.2 Å². The third-order valence-electron chi connectivity index (χ3n) is 1.92. The van der Waals surface area contributed by atoms with E-state index >= 15 is 0 Å². The summed E-state index contributed by atoms with van der Waals surface area (Å²) in [5.41, 5.74) is 0.867. The number of ether oxygens (including phenoxy) is 3. The third-order valence-corrected chi connectivity index (χ3v) is 2.54. The predicted molar refractivity (Wildman–Crippen MR) is 54.7 cm³/mol. The standard InChI is InChI=1S/C10H9BrO3/c1-12-9-7(3-2-4-8(9)11)10-13-5-6-14-10/h2-6,10H,1H3. The van der Waals surface area contributed by atoms with E-state index in [0.717, 1.165) is 15.8 Å². The Morgan fingerprint density at radius 2 is 2.00 bits per heavy atom. The molecule has 0 saturated carbocycles. The largest absolute Gasteiger partial charge is 0.495 e. The molecule has 4 heteroatoms. The Morgan fingerprint density at radius 3 is 2.64 bits per heavy atom. The summed E-state index contributed by atoms with van der Waals surface area (Å²) in [6.07, 6.45) is 2.64. The quantitative estimate of drug-likeness (QED) is 0.815. The SMILES string of the molecule is COc1c(Br)cccc1C1OC=CO1. The topological polar surface area (TPSA) is 27.7 Å². The Balaban J connectivity index is 2.36. The maximum absolute atomic E-state index is 5.25. The molecule has 1 aromatic carbocycles. The average Bonchev–Trinajstić information content (AvgIpc) is 2.70. The van der Waals surface area contributed by atoms with Crippen LogP contribution in [-0.4, -0.2) is 7.11 Å². The van der Waals surface area contributed by atoms with E-state index in [4.69, 9.17) is 14.2 Å². The minimum Gasteiger partial charge on any atom is -0.495 e. The fraction of sp³-hybridized carbons (Fsp3) is 0.200. The van der Waals surface area contributed by atoms with Gasteiger partial charge >= 0.3 is 0 Å². The molecular weight excluding hydrogens is 248 g/mol. The third kappa shape index (κ3) is 1.57. The highest BCUT2D eigenvalue weighted by Crippen LogP contribution is 2.36. The zero-order chi connectivity index (χ0) is 9.97. The van der Waals surface area contributed by atoms with Crippen LogP contribution >= 0.6 is 15.9 Å². The van der Waals surface area contributed by atoms with Crippen LogP contribution in [-0.2, 0) is 9.47 Å². The van der Waals surface area contributed by atoms with Crippen LogP contribution in [0, 0.1) is 0 Å². The molecule has 0 bridgehead atoms. The number of halogens is 1. The molecule has 1 aliphatic heterocycles. The van der Waals surface area contributed by atoms with Crippen molar-refractivity contribution >= 4 is 15.9 Å². The van der Waals surface area contributed by atoms with Crippen molar-refractivity contribution in [3.05, 3.63) is 40.8 Å². The monoisotopic (exact) mass is 256 g/mol. The van der Waals surface area contributed by atoms with Crippen molar-refractivity contribution in [1.82, 2.24) is 0 Å². The highest BCUT2D eigenvalue weighted by atomic mass is 79.9. The molecule has 0 aromatic heterocycles. The molecule has 74 valence electrons. The van der Waals surface area contributed by atoms with Crippen molar-refractivity contribution in [2.45, 2.75) is 6.29 Å². The second-order valence-electron chi connectivity index (χ2n) is 2.74. The van der Waals surface area contributed by atoms with E-state index in [-0.39, 0.29) is 0 Å². The lowest BCUT2D eigenvalue weighted by molar-refractivity contribution is -0.0261. The fourth-order valence-electron chi connectivity index (χ4n) is 1.31. The summed E-state index contributed by atoms with van der Waals surface area (Å²) in [7, 11) is 1.62. The molecule has 0 fully saturated rings. The molecule has 0 atom stereocenters. The molecule has 0 amide bonds. The number of rotatable bonds is 2. The second-order valence-corrected chi connectivity index (χ2v) is 3.59. The summed E-state index contributed by atoms with van der Waals surface area (Å²) >= 11 is 3.40. The van der Waals surface area contributed by atoms with Gasteiger partial charge in [-0.2, -0.15) is 0 Å². The van der Waals surface area contributed by atoms with Gasteiger partial charge in [-0.3, -0.25) is 0 Å². The summed E-state index contributed by atoms with van der Waals surface area (Å²) in [5.74, 6) is 0.737. The van der Waals surface area contributed by atoms with Crippen LogP contribution < -0.4 is 4.74 Å². The number of hydrogen-bond acceptors (Lipinski definition) is 3.